The zero-order valence-electron chi connectivity index (χ0n) is 23.1. The van der Waals surface area contributed by atoms with E-state index in [1.165, 1.54) is 18.9 Å². The van der Waals surface area contributed by atoms with Crippen LogP contribution in [0.1, 0.15) is 29.3 Å². The second kappa shape index (κ2) is 14.9. The van der Waals surface area contributed by atoms with Crippen molar-refractivity contribution in [1.29, 1.82) is 0 Å². The third kappa shape index (κ3) is 8.49. The van der Waals surface area contributed by atoms with Crippen LogP contribution in [0.5, 0.6) is 5.75 Å². The summed E-state index contributed by atoms with van der Waals surface area (Å²) in [6, 6.07) is 30.2. The van der Waals surface area contributed by atoms with Gasteiger partial charge in [0.25, 0.3) is 11.8 Å². The summed E-state index contributed by atoms with van der Waals surface area (Å²) in [6.07, 6.45) is 2.20. The molecule has 1 atom stereocenters. The molecule has 42 heavy (non-hydrogen) atoms. The lowest BCUT2D eigenvalue weighted by Crippen LogP contribution is -2.30. The summed E-state index contributed by atoms with van der Waals surface area (Å²) in [4.78, 5) is 40.1. The number of hydrogen-bond donors (Lipinski definition) is 3. The minimum Gasteiger partial charge on any atom is -0.495 e. The highest BCUT2D eigenvalue weighted by Crippen LogP contribution is 2.31. The fraction of sp³-hybridized carbons (Fsp3) is 0.121. The molecule has 0 saturated heterocycles. The van der Waals surface area contributed by atoms with E-state index >= 15 is 0 Å². The SMILES string of the molecule is CCC(Sc1cccc(NC(=O)/C(=C/c2ccccc2)NC(=O)c2ccccc2)c1)C(=O)Nc1ccc(OC)c(Cl)c1. The van der Waals surface area contributed by atoms with E-state index in [1.54, 1.807) is 66.7 Å². The number of nitrogens with one attached hydrogen (secondary N) is 3. The van der Waals surface area contributed by atoms with Gasteiger partial charge in [-0.25, -0.2) is 0 Å². The Balaban J connectivity index is 1.47. The second-order valence-corrected chi connectivity index (χ2v) is 10.8. The van der Waals surface area contributed by atoms with Crippen molar-refractivity contribution in [2.75, 3.05) is 17.7 Å². The van der Waals surface area contributed by atoms with Gasteiger partial charge in [-0.1, -0.05) is 73.1 Å². The first-order valence-corrected chi connectivity index (χ1v) is 14.5. The number of benzene rings is 4. The van der Waals surface area contributed by atoms with Crippen molar-refractivity contribution in [2.24, 2.45) is 0 Å². The lowest BCUT2D eigenvalue weighted by Gasteiger charge is -2.16. The molecule has 0 heterocycles. The molecule has 0 bridgehead atoms. The van der Waals surface area contributed by atoms with Crippen LogP contribution in [0.2, 0.25) is 5.02 Å². The van der Waals surface area contributed by atoms with Gasteiger partial charge in [0.1, 0.15) is 11.4 Å². The summed E-state index contributed by atoms with van der Waals surface area (Å²) in [5.74, 6) is -0.523. The Morgan fingerprint density at radius 3 is 2.21 bits per heavy atom. The number of ether oxygens (including phenoxy) is 1. The van der Waals surface area contributed by atoms with Gasteiger partial charge in [-0.15, -0.1) is 11.8 Å². The predicted molar refractivity (Wildman–Crippen MR) is 170 cm³/mol. The molecule has 0 spiro atoms. The summed E-state index contributed by atoms with van der Waals surface area (Å²) in [6.45, 7) is 1.93. The van der Waals surface area contributed by atoms with E-state index in [0.717, 1.165) is 10.5 Å². The zero-order chi connectivity index (χ0) is 29.9. The molecule has 7 nitrogen and oxygen atoms in total. The Morgan fingerprint density at radius 2 is 1.55 bits per heavy atom. The first-order chi connectivity index (χ1) is 20.4. The molecular weight excluding hydrogens is 570 g/mol. The maximum atomic E-state index is 13.4. The first-order valence-electron chi connectivity index (χ1n) is 13.2. The third-order valence-corrected chi connectivity index (χ3v) is 7.75. The molecule has 4 aromatic rings. The Kier molecular flexibility index (Phi) is 10.8. The molecule has 0 aliphatic carbocycles. The van der Waals surface area contributed by atoms with Gasteiger partial charge >= 0.3 is 0 Å². The quantitative estimate of drug-likeness (QED) is 0.124. The highest BCUT2D eigenvalue weighted by atomic mass is 35.5. The fourth-order valence-corrected chi connectivity index (χ4v) is 5.23. The average Bonchev–Trinajstić information content (AvgIpc) is 3.00. The van der Waals surface area contributed by atoms with Crippen molar-refractivity contribution in [3.05, 3.63) is 125 Å². The molecule has 0 saturated carbocycles. The number of anilines is 2. The van der Waals surface area contributed by atoms with Crippen LogP contribution in [-0.2, 0) is 9.59 Å². The largest absolute Gasteiger partial charge is 0.495 e. The van der Waals surface area contributed by atoms with E-state index in [9.17, 15) is 14.4 Å². The van der Waals surface area contributed by atoms with Crippen molar-refractivity contribution in [1.82, 2.24) is 5.32 Å². The Hall–Kier alpha value is -4.53. The van der Waals surface area contributed by atoms with Gasteiger partial charge in [0.15, 0.2) is 0 Å². The predicted octanol–water partition coefficient (Wildman–Crippen LogP) is 7.27. The van der Waals surface area contributed by atoms with Gasteiger partial charge in [-0.3, -0.25) is 14.4 Å². The van der Waals surface area contributed by atoms with Crippen LogP contribution >= 0.6 is 23.4 Å². The van der Waals surface area contributed by atoms with Crippen LogP contribution in [0.3, 0.4) is 0 Å². The standard InChI is InChI=1S/C33H30ClN3O4S/c1-3-30(33(40)36-25-17-18-29(41-2)27(34)21-25)42-26-16-10-15-24(20-26)35-32(39)28(19-22-11-6-4-7-12-22)37-31(38)23-13-8-5-9-14-23/h4-21,30H,3H2,1-2H3,(H,35,39)(H,36,40)(H,37,38)/b28-19-. The number of hydrogen-bond acceptors (Lipinski definition) is 5. The summed E-state index contributed by atoms with van der Waals surface area (Å²) in [5, 5.41) is 8.53. The number of carbonyl (C=O) groups is 3. The van der Waals surface area contributed by atoms with Crippen molar-refractivity contribution in [2.45, 2.75) is 23.5 Å². The van der Waals surface area contributed by atoms with Gasteiger partial charge in [0, 0.05) is 21.8 Å². The summed E-state index contributed by atoms with van der Waals surface area (Å²) in [7, 11) is 1.53. The molecule has 4 aromatic carbocycles. The molecule has 0 aliphatic rings. The van der Waals surface area contributed by atoms with E-state index < -0.39 is 17.1 Å². The van der Waals surface area contributed by atoms with Gasteiger partial charge < -0.3 is 20.7 Å². The molecule has 0 radical (unpaired) electrons. The second-order valence-electron chi connectivity index (χ2n) is 9.12. The number of methoxy groups -OCH3 is 1. The van der Waals surface area contributed by atoms with Crippen molar-refractivity contribution in [3.8, 4) is 5.75 Å². The molecule has 0 fully saturated rings. The van der Waals surface area contributed by atoms with Crippen LogP contribution in [0.25, 0.3) is 6.08 Å². The molecule has 0 aliphatic heterocycles. The van der Waals surface area contributed by atoms with Gasteiger partial charge in [-0.05, 0) is 66.6 Å². The maximum absolute atomic E-state index is 13.4. The summed E-state index contributed by atoms with van der Waals surface area (Å²) < 4.78 is 5.17. The monoisotopic (exact) mass is 599 g/mol. The molecular formula is C33H30ClN3O4S. The zero-order valence-corrected chi connectivity index (χ0v) is 24.7. The molecule has 1 unspecified atom stereocenters. The molecule has 9 heteroatoms. The number of carbonyl (C=O) groups excluding carboxylic acids is 3. The van der Waals surface area contributed by atoms with Gasteiger partial charge in [0.05, 0.1) is 17.4 Å². The normalized spacial score (nSPS) is 11.7. The molecule has 3 N–H and O–H groups in total. The van der Waals surface area contributed by atoms with E-state index in [0.29, 0.717) is 34.1 Å². The van der Waals surface area contributed by atoms with Crippen molar-refractivity contribution in [3.63, 3.8) is 0 Å². The number of rotatable bonds is 11. The molecule has 4 rings (SSSR count). The highest BCUT2D eigenvalue weighted by Gasteiger charge is 2.20. The van der Waals surface area contributed by atoms with Crippen LogP contribution in [0.4, 0.5) is 11.4 Å². The van der Waals surface area contributed by atoms with Crippen LogP contribution < -0.4 is 20.7 Å². The lowest BCUT2D eigenvalue weighted by molar-refractivity contribution is -0.116. The summed E-state index contributed by atoms with van der Waals surface area (Å²) in [5.41, 5.74) is 2.38. The third-order valence-electron chi connectivity index (χ3n) is 6.09. The topological polar surface area (TPSA) is 96.5 Å². The Labute approximate surface area is 254 Å². The minimum atomic E-state index is -0.480. The van der Waals surface area contributed by atoms with Crippen LogP contribution in [0.15, 0.2) is 114 Å². The fourth-order valence-electron chi connectivity index (χ4n) is 3.96. The minimum absolute atomic E-state index is 0.0945. The smallest absolute Gasteiger partial charge is 0.272 e. The maximum Gasteiger partial charge on any atom is 0.272 e. The van der Waals surface area contributed by atoms with E-state index in [1.807, 2.05) is 49.4 Å². The van der Waals surface area contributed by atoms with E-state index in [-0.39, 0.29) is 11.6 Å². The van der Waals surface area contributed by atoms with Gasteiger partial charge in [0.2, 0.25) is 5.91 Å². The van der Waals surface area contributed by atoms with Crippen LogP contribution in [0, 0.1) is 0 Å². The lowest BCUT2D eigenvalue weighted by atomic mass is 10.1. The Morgan fingerprint density at radius 1 is 0.857 bits per heavy atom. The van der Waals surface area contributed by atoms with Crippen molar-refractivity contribution < 1.29 is 19.1 Å². The number of amides is 3. The first kappa shape index (κ1) is 30.4. The van der Waals surface area contributed by atoms with Crippen LogP contribution in [-0.4, -0.2) is 30.1 Å². The Bertz CT molecular complexity index is 1580. The molecule has 3 amide bonds. The number of halogens is 1. The van der Waals surface area contributed by atoms with Gasteiger partial charge in [-0.2, -0.15) is 0 Å². The van der Waals surface area contributed by atoms with E-state index in [2.05, 4.69) is 16.0 Å². The molecule has 214 valence electrons. The highest BCUT2D eigenvalue weighted by molar-refractivity contribution is 8.00. The van der Waals surface area contributed by atoms with E-state index in [4.69, 9.17) is 16.3 Å². The number of thioether (sulfide) groups is 1. The average molecular weight is 600 g/mol. The summed E-state index contributed by atoms with van der Waals surface area (Å²) >= 11 is 7.58. The van der Waals surface area contributed by atoms with Crippen molar-refractivity contribution >= 4 is 58.5 Å². The molecule has 0 aromatic heterocycles.